The number of carbonyl (C=O) groups is 1. The third-order valence-corrected chi connectivity index (χ3v) is 5.23. The van der Waals surface area contributed by atoms with Crippen molar-refractivity contribution in [3.63, 3.8) is 0 Å². The molecule has 0 amide bonds. The third-order valence-electron chi connectivity index (χ3n) is 4.08. The van der Waals surface area contributed by atoms with Crippen LogP contribution in [0.25, 0.3) is 0 Å². The maximum atomic E-state index is 12.2. The first-order valence-corrected chi connectivity index (χ1v) is 8.00. The topological polar surface area (TPSA) is 73.4 Å². The predicted octanol–water partition coefficient (Wildman–Crippen LogP) is 1.71. The van der Waals surface area contributed by atoms with Crippen molar-refractivity contribution in [1.29, 1.82) is 0 Å². The summed E-state index contributed by atoms with van der Waals surface area (Å²) in [5, 5.41) is 10.0. The molecule has 0 atom stereocenters. The molecule has 0 saturated carbocycles. The van der Waals surface area contributed by atoms with Crippen LogP contribution in [0.5, 0.6) is 0 Å². The molecule has 1 saturated heterocycles. The number of fused-ring (bicyclic) bond motifs is 1. The zero-order chi connectivity index (χ0) is 14.1. The highest BCUT2D eigenvalue weighted by atomic mass is 32.2. The van der Waals surface area contributed by atoms with E-state index in [2.05, 4.69) is 4.98 Å². The first-order chi connectivity index (χ1) is 9.65. The number of hydrogen-bond acceptors (Lipinski definition) is 4. The van der Waals surface area contributed by atoms with E-state index in [-0.39, 0.29) is 11.5 Å². The van der Waals surface area contributed by atoms with Gasteiger partial charge in [0.05, 0.1) is 10.9 Å². The number of thioether (sulfide) groups is 1. The summed E-state index contributed by atoms with van der Waals surface area (Å²) < 4.78 is 0. The number of H-pyrrole nitrogens is 1. The number of carboxylic acid groups (broad SMARTS) is 1. The van der Waals surface area contributed by atoms with Crippen LogP contribution in [-0.4, -0.2) is 34.9 Å². The molecule has 2 N–H and O–H groups in total. The molecule has 2 aliphatic rings. The minimum absolute atomic E-state index is 0.0491. The van der Waals surface area contributed by atoms with E-state index in [9.17, 15) is 9.59 Å². The summed E-state index contributed by atoms with van der Waals surface area (Å²) in [6, 6.07) is 2.00. The highest BCUT2D eigenvalue weighted by molar-refractivity contribution is 7.99. The predicted molar refractivity (Wildman–Crippen MR) is 78.7 cm³/mol. The van der Waals surface area contributed by atoms with Crippen LogP contribution in [0.3, 0.4) is 0 Å². The zero-order valence-corrected chi connectivity index (χ0v) is 12.0. The van der Waals surface area contributed by atoms with Crippen LogP contribution < -0.4 is 10.5 Å². The van der Waals surface area contributed by atoms with Crippen molar-refractivity contribution in [3.8, 4) is 0 Å². The SMILES string of the molecule is O=C(O)C1CCN(c2cc3c([nH]c2=O)SCCC3)CC1. The van der Waals surface area contributed by atoms with Gasteiger partial charge in [-0.25, -0.2) is 0 Å². The lowest BCUT2D eigenvalue weighted by Gasteiger charge is -2.32. The molecule has 2 aliphatic heterocycles. The largest absolute Gasteiger partial charge is 0.481 e. The number of aryl methyl sites for hydroxylation is 1. The Labute approximate surface area is 121 Å². The summed E-state index contributed by atoms with van der Waals surface area (Å²) in [6.07, 6.45) is 3.38. The smallest absolute Gasteiger partial charge is 0.306 e. The molecule has 0 bridgehead atoms. The minimum Gasteiger partial charge on any atom is -0.481 e. The maximum Gasteiger partial charge on any atom is 0.306 e. The van der Waals surface area contributed by atoms with Crippen molar-refractivity contribution < 1.29 is 9.90 Å². The average Bonchev–Trinajstić information content (AvgIpc) is 2.46. The Balaban J connectivity index is 1.81. The van der Waals surface area contributed by atoms with Gasteiger partial charge in [0.25, 0.3) is 5.56 Å². The van der Waals surface area contributed by atoms with Crippen molar-refractivity contribution in [1.82, 2.24) is 4.98 Å². The lowest BCUT2D eigenvalue weighted by Crippen LogP contribution is -2.39. The number of hydrogen-bond donors (Lipinski definition) is 2. The molecule has 108 valence electrons. The molecule has 20 heavy (non-hydrogen) atoms. The second-order valence-electron chi connectivity index (χ2n) is 5.39. The van der Waals surface area contributed by atoms with Gasteiger partial charge in [0.2, 0.25) is 0 Å². The molecule has 0 aliphatic carbocycles. The first kappa shape index (κ1) is 13.5. The first-order valence-electron chi connectivity index (χ1n) is 7.02. The molecule has 1 aromatic heterocycles. The Morgan fingerprint density at radius 3 is 2.85 bits per heavy atom. The minimum atomic E-state index is -0.722. The number of carboxylic acids is 1. The van der Waals surface area contributed by atoms with Crippen LogP contribution in [0, 0.1) is 5.92 Å². The fourth-order valence-electron chi connectivity index (χ4n) is 2.90. The van der Waals surface area contributed by atoms with Crippen LogP contribution in [-0.2, 0) is 11.2 Å². The molecule has 1 fully saturated rings. The second kappa shape index (κ2) is 5.52. The van der Waals surface area contributed by atoms with Gasteiger partial charge in [-0.2, -0.15) is 0 Å². The summed E-state index contributed by atoms with van der Waals surface area (Å²) in [5.41, 5.74) is 1.87. The van der Waals surface area contributed by atoms with E-state index in [4.69, 9.17) is 5.11 Å². The van der Waals surface area contributed by atoms with Crippen molar-refractivity contribution in [2.45, 2.75) is 30.7 Å². The lowest BCUT2D eigenvalue weighted by molar-refractivity contribution is -0.142. The van der Waals surface area contributed by atoms with Crippen molar-refractivity contribution in [2.24, 2.45) is 5.92 Å². The molecule has 3 rings (SSSR count). The number of nitrogens with one attached hydrogen (secondary N) is 1. The monoisotopic (exact) mass is 294 g/mol. The summed E-state index contributed by atoms with van der Waals surface area (Å²) in [5.74, 6) is 0.0747. The highest BCUT2D eigenvalue weighted by Crippen LogP contribution is 2.30. The molecular weight excluding hydrogens is 276 g/mol. The highest BCUT2D eigenvalue weighted by Gasteiger charge is 2.26. The second-order valence-corrected chi connectivity index (χ2v) is 6.49. The van der Waals surface area contributed by atoms with Crippen LogP contribution >= 0.6 is 11.8 Å². The van der Waals surface area contributed by atoms with Gasteiger partial charge in [-0.3, -0.25) is 9.59 Å². The zero-order valence-electron chi connectivity index (χ0n) is 11.2. The molecule has 5 nitrogen and oxygen atoms in total. The van der Waals surface area contributed by atoms with Crippen molar-refractivity contribution in [3.05, 3.63) is 22.0 Å². The van der Waals surface area contributed by atoms with Crippen LogP contribution in [0.2, 0.25) is 0 Å². The van der Waals surface area contributed by atoms with E-state index >= 15 is 0 Å². The summed E-state index contributed by atoms with van der Waals surface area (Å²) in [7, 11) is 0. The number of aromatic nitrogens is 1. The Bertz CT molecular complexity index is 576. The van der Waals surface area contributed by atoms with E-state index in [1.807, 2.05) is 11.0 Å². The van der Waals surface area contributed by atoms with Gasteiger partial charge >= 0.3 is 5.97 Å². The van der Waals surface area contributed by atoms with Gasteiger partial charge in [-0.05, 0) is 43.1 Å². The molecule has 0 radical (unpaired) electrons. The van der Waals surface area contributed by atoms with E-state index in [1.54, 1.807) is 11.8 Å². The normalized spacial score (nSPS) is 19.7. The molecule has 1 aromatic rings. The number of aromatic amines is 1. The number of aliphatic carboxylic acids is 1. The molecule has 0 spiro atoms. The van der Waals surface area contributed by atoms with Gasteiger partial charge in [-0.15, -0.1) is 11.8 Å². The number of rotatable bonds is 2. The lowest BCUT2D eigenvalue weighted by atomic mass is 9.96. The standard InChI is InChI=1S/C14H18N2O3S/c17-12-11(8-10-2-1-7-20-13(10)15-12)16-5-3-9(4-6-16)14(18)19/h8-9H,1-7H2,(H,15,17)(H,18,19). The Kier molecular flexibility index (Phi) is 3.74. The third kappa shape index (κ3) is 2.57. The summed E-state index contributed by atoms with van der Waals surface area (Å²) >= 11 is 1.71. The van der Waals surface area contributed by atoms with Gasteiger partial charge in [0.15, 0.2) is 0 Å². The molecule has 0 unspecified atom stereocenters. The van der Waals surface area contributed by atoms with E-state index in [1.165, 1.54) is 5.56 Å². The van der Waals surface area contributed by atoms with Crippen molar-refractivity contribution >= 4 is 23.4 Å². The van der Waals surface area contributed by atoms with Crippen molar-refractivity contribution in [2.75, 3.05) is 23.7 Å². The Hall–Kier alpha value is -1.43. The van der Waals surface area contributed by atoms with Crippen LogP contribution in [0.1, 0.15) is 24.8 Å². The van der Waals surface area contributed by atoms with Gasteiger partial charge < -0.3 is 15.0 Å². The number of anilines is 1. The number of pyridine rings is 1. The summed E-state index contributed by atoms with van der Waals surface area (Å²) in [4.78, 5) is 28.1. The van der Waals surface area contributed by atoms with Crippen LogP contribution in [0.4, 0.5) is 5.69 Å². The molecular formula is C14H18N2O3S. The van der Waals surface area contributed by atoms with E-state index < -0.39 is 5.97 Å². The fraction of sp³-hybridized carbons (Fsp3) is 0.571. The maximum absolute atomic E-state index is 12.2. The van der Waals surface area contributed by atoms with Crippen LogP contribution in [0.15, 0.2) is 15.9 Å². The van der Waals surface area contributed by atoms with Gasteiger partial charge in [0.1, 0.15) is 5.69 Å². The fourth-order valence-corrected chi connectivity index (χ4v) is 3.90. The molecule has 6 heteroatoms. The molecule has 3 heterocycles. The van der Waals surface area contributed by atoms with E-state index in [0.717, 1.165) is 23.6 Å². The van der Waals surface area contributed by atoms with Gasteiger partial charge in [-0.1, -0.05) is 0 Å². The Morgan fingerprint density at radius 2 is 2.15 bits per heavy atom. The van der Waals surface area contributed by atoms with Gasteiger partial charge in [0, 0.05) is 13.1 Å². The molecule has 0 aromatic carbocycles. The average molecular weight is 294 g/mol. The summed E-state index contributed by atoms with van der Waals surface area (Å²) in [6.45, 7) is 1.29. The quantitative estimate of drug-likeness (QED) is 0.869. The number of nitrogens with zero attached hydrogens (tertiary/aromatic N) is 1. The Morgan fingerprint density at radius 1 is 1.40 bits per heavy atom. The number of piperidine rings is 1. The van der Waals surface area contributed by atoms with E-state index in [0.29, 0.717) is 31.6 Å².